The van der Waals surface area contributed by atoms with Crippen molar-refractivity contribution in [2.45, 2.75) is 328 Å². The predicted octanol–water partition coefficient (Wildman–Crippen LogP) is 20.2. The maximum atomic E-state index is 10.3. The van der Waals surface area contributed by atoms with E-state index in [0.717, 1.165) is 12.8 Å². The highest BCUT2D eigenvalue weighted by molar-refractivity contribution is 4.82. The Morgan fingerprint density at radius 2 is 0.393 bits per heavy atom. The van der Waals surface area contributed by atoms with Crippen LogP contribution in [0.25, 0.3) is 0 Å². The minimum absolute atomic E-state index is 0.0410. The van der Waals surface area contributed by atoms with Crippen LogP contribution in [0.2, 0.25) is 0 Å². The molecular formula is C55H108O. The quantitative estimate of drug-likeness (QED) is 0.0481. The molecule has 0 radical (unpaired) electrons. The molecule has 0 rings (SSSR count). The molecule has 0 unspecified atom stereocenters. The summed E-state index contributed by atoms with van der Waals surface area (Å²) in [5, 5.41) is 10.3. The molecule has 1 atom stereocenters. The van der Waals surface area contributed by atoms with Gasteiger partial charge in [0.05, 0.1) is 6.10 Å². The number of hydrogen-bond donors (Lipinski definition) is 1. The van der Waals surface area contributed by atoms with E-state index in [1.54, 1.807) is 0 Å². The molecule has 1 N–H and O–H groups in total. The lowest BCUT2D eigenvalue weighted by atomic mass is 10.0. The second-order valence-corrected chi connectivity index (χ2v) is 18.5. The summed E-state index contributed by atoms with van der Waals surface area (Å²) >= 11 is 0. The Balaban J connectivity index is 3.19. The van der Waals surface area contributed by atoms with Crippen molar-refractivity contribution >= 4 is 0 Å². The van der Waals surface area contributed by atoms with E-state index < -0.39 is 0 Å². The number of allylic oxidation sites excluding steroid dienone is 4. The summed E-state index contributed by atoms with van der Waals surface area (Å²) in [7, 11) is 0. The van der Waals surface area contributed by atoms with E-state index in [1.807, 2.05) is 0 Å². The molecule has 0 aromatic heterocycles. The molecule has 0 bridgehead atoms. The SMILES string of the molecule is CCCCCCCCCCCCC=CCCCCCCCCC=CCCCCCCCCCCCCCCC[C@@H](O)CCCCCCCCCCCCCCC. The zero-order chi connectivity index (χ0) is 40.3. The average molecular weight is 785 g/mol. The van der Waals surface area contributed by atoms with Crippen LogP contribution in [-0.2, 0) is 0 Å². The number of rotatable bonds is 50. The molecule has 0 spiro atoms. The molecule has 0 saturated heterocycles. The van der Waals surface area contributed by atoms with Gasteiger partial charge in [-0.05, 0) is 64.2 Å². The zero-order valence-electron chi connectivity index (χ0n) is 39.3. The Hall–Kier alpha value is -0.560. The summed E-state index contributed by atoms with van der Waals surface area (Å²) in [6.45, 7) is 4.60. The van der Waals surface area contributed by atoms with Gasteiger partial charge >= 0.3 is 0 Å². The topological polar surface area (TPSA) is 20.2 Å². The fourth-order valence-corrected chi connectivity index (χ4v) is 8.58. The molecule has 0 aromatic rings. The highest BCUT2D eigenvalue weighted by atomic mass is 16.3. The van der Waals surface area contributed by atoms with Crippen molar-refractivity contribution in [3.05, 3.63) is 24.3 Å². The van der Waals surface area contributed by atoms with Crippen LogP contribution >= 0.6 is 0 Å². The zero-order valence-corrected chi connectivity index (χ0v) is 39.3. The van der Waals surface area contributed by atoms with Crippen molar-refractivity contribution in [1.29, 1.82) is 0 Å². The summed E-state index contributed by atoms with van der Waals surface area (Å²) in [6, 6.07) is 0. The van der Waals surface area contributed by atoms with E-state index in [1.165, 1.54) is 295 Å². The van der Waals surface area contributed by atoms with E-state index in [4.69, 9.17) is 0 Å². The molecule has 0 fully saturated rings. The van der Waals surface area contributed by atoms with Gasteiger partial charge in [-0.2, -0.15) is 0 Å². The summed E-state index contributed by atoms with van der Waals surface area (Å²) in [4.78, 5) is 0. The van der Waals surface area contributed by atoms with E-state index in [-0.39, 0.29) is 6.10 Å². The number of unbranched alkanes of at least 4 members (excludes halogenated alkanes) is 42. The Morgan fingerprint density at radius 3 is 0.589 bits per heavy atom. The third-order valence-electron chi connectivity index (χ3n) is 12.6. The lowest BCUT2D eigenvalue weighted by molar-refractivity contribution is 0.147. The van der Waals surface area contributed by atoms with Crippen molar-refractivity contribution in [2.24, 2.45) is 0 Å². The van der Waals surface area contributed by atoms with Gasteiger partial charge in [-0.25, -0.2) is 0 Å². The first-order chi connectivity index (χ1) is 27.8. The number of aliphatic hydroxyl groups is 1. The minimum atomic E-state index is -0.0410. The first kappa shape index (κ1) is 55.4. The van der Waals surface area contributed by atoms with Crippen LogP contribution in [0.5, 0.6) is 0 Å². The van der Waals surface area contributed by atoms with Crippen molar-refractivity contribution in [3.63, 3.8) is 0 Å². The first-order valence-corrected chi connectivity index (χ1v) is 26.8. The van der Waals surface area contributed by atoms with Gasteiger partial charge < -0.3 is 5.11 Å². The van der Waals surface area contributed by atoms with Crippen LogP contribution in [0.15, 0.2) is 24.3 Å². The summed E-state index contributed by atoms with van der Waals surface area (Å²) < 4.78 is 0. The molecule has 0 aliphatic heterocycles. The van der Waals surface area contributed by atoms with Crippen LogP contribution < -0.4 is 0 Å². The average Bonchev–Trinajstić information content (AvgIpc) is 3.20. The molecule has 1 nitrogen and oxygen atoms in total. The monoisotopic (exact) mass is 785 g/mol. The molecule has 1 heteroatoms. The van der Waals surface area contributed by atoms with Gasteiger partial charge in [-0.1, -0.05) is 282 Å². The molecular weight excluding hydrogens is 677 g/mol. The van der Waals surface area contributed by atoms with Crippen LogP contribution in [0.1, 0.15) is 322 Å². The fraction of sp³-hybridized carbons (Fsp3) is 0.927. The lowest BCUT2D eigenvalue weighted by Gasteiger charge is -2.10. The fourth-order valence-electron chi connectivity index (χ4n) is 8.58. The third kappa shape index (κ3) is 51.5. The lowest BCUT2D eigenvalue weighted by Crippen LogP contribution is -2.05. The molecule has 0 aromatic carbocycles. The standard InChI is InChI=1S/C55H108O/c1-3-5-7-9-11-13-15-17-18-19-20-21-22-23-24-25-26-27-28-29-30-31-32-33-34-35-36-37-38-39-40-42-44-46-48-50-52-54-55(56)53-51-49-47-45-43-41-16-14-12-10-8-6-4-2/h21-22,31-32,55-56H,3-20,23-30,33-54H2,1-2H3/t55-/m0/s1. The van der Waals surface area contributed by atoms with E-state index in [9.17, 15) is 5.11 Å². The van der Waals surface area contributed by atoms with E-state index >= 15 is 0 Å². The van der Waals surface area contributed by atoms with Crippen molar-refractivity contribution in [2.75, 3.05) is 0 Å². The van der Waals surface area contributed by atoms with Gasteiger partial charge in [0, 0.05) is 0 Å². The molecule has 0 amide bonds. The van der Waals surface area contributed by atoms with Crippen molar-refractivity contribution in [3.8, 4) is 0 Å². The van der Waals surface area contributed by atoms with Crippen LogP contribution in [-0.4, -0.2) is 11.2 Å². The molecule has 0 aliphatic rings. The Kier molecular flexibility index (Phi) is 51.9. The van der Waals surface area contributed by atoms with Crippen LogP contribution in [0.3, 0.4) is 0 Å². The third-order valence-corrected chi connectivity index (χ3v) is 12.6. The number of aliphatic hydroxyl groups excluding tert-OH is 1. The molecule has 0 aliphatic carbocycles. The van der Waals surface area contributed by atoms with Gasteiger partial charge in [0.1, 0.15) is 0 Å². The van der Waals surface area contributed by atoms with Gasteiger partial charge in [0.15, 0.2) is 0 Å². The molecule has 0 saturated carbocycles. The van der Waals surface area contributed by atoms with Gasteiger partial charge in [-0.3, -0.25) is 0 Å². The van der Waals surface area contributed by atoms with Gasteiger partial charge in [0.25, 0.3) is 0 Å². The van der Waals surface area contributed by atoms with Crippen molar-refractivity contribution in [1.82, 2.24) is 0 Å². The van der Waals surface area contributed by atoms with Gasteiger partial charge in [0.2, 0.25) is 0 Å². The van der Waals surface area contributed by atoms with Crippen LogP contribution in [0, 0.1) is 0 Å². The Labute approximate surface area is 356 Å². The highest BCUT2D eigenvalue weighted by Gasteiger charge is 2.04. The van der Waals surface area contributed by atoms with Crippen LogP contribution in [0.4, 0.5) is 0 Å². The normalized spacial score (nSPS) is 12.6. The summed E-state index contributed by atoms with van der Waals surface area (Å²) in [5.41, 5.74) is 0. The predicted molar refractivity (Wildman–Crippen MR) is 257 cm³/mol. The smallest absolute Gasteiger partial charge is 0.0540 e. The second kappa shape index (κ2) is 52.5. The Bertz CT molecular complexity index is 723. The first-order valence-electron chi connectivity index (χ1n) is 26.8. The Morgan fingerprint density at radius 1 is 0.232 bits per heavy atom. The molecule has 56 heavy (non-hydrogen) atoms. The largest absolute Gasteiger partial charge is 0.393 e. The summed E-state index contributed by atoms with van der Waals surface area (Å²) in [5.74, 6) is 0. The number of hydrogen-bond acceptors (Lipinski definition) is 1. The molecule has 0 heterocycles. The maximum absolute atomic E-state index is 10.3. The van der Waals surface area contributed by atoms with Gasteiger partial charge in [-0.15, -0.1) is 0 Å². The highest BCUT2D eigenvalue weighted by Crippen LogP contribution is 2.18. The van der Waals surface area contributed by atoms with E-state index in [2.05, 4.69) is 38.2 Å². The van der Waals surface area contributed by atoms with Crippen molar-refractivity contribution < 1.29 is 5.11 Å². The maximum Gasteiger partial charge on any atom is 0.0540 e. The van der Waals surface area contributed by atoms with E-state index in [0.29, 0.717) is 0 Å². The summed E-state index contributed by atoms with van der Waals surface area (Å²) in [6.07, 6.45) is 76.4. The molecule has 334 valence electrons. The second-order valence-electron chi connectivity index (χ2n) is 18.5. The minimum Gasteiger partial charge on any atom is -0.393 e.